The molecule has 2 rings (SSSR count). The third-order valence-electron chi connectivity index (χ3n) is 4.49. The molecule has 0 bridgehead atoms. The monoisotopic (exact) mass is 377 g/mol. The number of carbonyl (C=O) groups is 1. The molecule has 1 aliphatic rings. The van der Waals surface area contributed by atoms with Gasteiger partial charge in [0, 0.05) is 13.5 Å². The molecule has 0 unspecified atom stereocenters. The van der Waals surface area contributed by atoms with Crippen LogP contribution in [0.4, 0.5) is 9.18 Å². The Morgan fingerprint density at radius 2 is 2.07 bits per heavy atom. The highest BCUT2D eigenvalue weighted by Gasteiger charge is 2.33. The molecule has 1 aliphatic heterocycles. The lowest BCUT2D eigenvalue weighted by Crippen LogP contribution is -2.47. The fourth-order valence-electron chi connectivity index (χ4n) is 3.01. The van der Waals surface area contributed by atoms with E-state index < -0.39 is 11.7 Å². The van der Waals surface area contributed by atoms with Crippen molar-refractivity contribution in [1.82, 2.24) is 4.90 Å². The van der Waals surface area contributed by atoms with E-state index in [-0.39, 0.29) is 11.9 Å². The number of aliphatic hydroxyl groups excluding tert-OH is 1. The van der Waals surface area contributed by atoms with Crippen molar-refractivity contribution in [1.29, 1.82) is 0 Å². The Balaban J connectivity index is 2.00. The number of rotatable bonds is 4. The number of hydrogen-bond donors (Lipinski definition) is 1. The minimum Gasteiger partial charge on any atom is -0.406 e. The van der Waals surface area contributed by atoms with Crippen LogP contribution in [0.25, 0.3) is 0 Å². The number of aliphatic hydroxyl groups is 1. The first-order valence-electron chi connectivity index (χ1n) is 9.15. The van der Waals surface area contributed by atoms with Crippen LogP contribution in [-0.4, -0.2) is 58.2 Å². The normalized spacial score (nSPS) is 17.0. The van der Waals surface area contributed by atoms with Gasteiger partial charge in [0.2, 0.25) is 0 Å². The number of hydrogen-bond acceptors (Lipinski definition) is 4. The summed E-state index contributed by atoms with van der Waals surface area (Å²) in [4.78, 5) is 14.4. The van der Waals surface area contributed by atoms with Crippen molar-refractivity contribution < 1.29 is 23.6 Å². The average Bonchev–Trinajstić information content (AvgIpc) is 2.55. The Kier molecular flexibility index (Phi) is 6.54. The van der Waals surface area contributed by atoms with Gasteiger partial charge in [0.05, 0.1) is 13.1 Å². The van der Waals surface area contributed by atoms with Crippen LogP contribution in [0.1, 0.15) is 44.9 Å². The van der Waals surface area contributed by atoms with Crippen molar-refractivity contribution >= 4 is 11.8 Å². The zero-order valence-corrected chi connectivity index (χ0v) is 16.9. The second kappa shape index (κ2) is 8.31. The minimum absolute atomic E-state index is 0.338. The molecule has 1 aromatic carbocycles. The Morgan fingerprint density at radius 3 is 2.63 bits per heavy atom. The lowest BCUT2D eigenvalue weighted by atomic mass is 10.0. The maximum Gasteiger partial charge on any atom is 0.596 e. The van der Waals surface area contributed by atoms with Gasteiger partial charge in [-0.3, -0.25) is 4.90 Å². The predicted molar refractivity (Wildman–Crippen MR) is 104 cm³/mol. The fourth-order valence-corrected chi connectivity index (χ4v) is 3.01. The second-order valence-electron chi connectivity index (χ2n) is 8.15. The van der Waals surface area contributed by atoms with Crippen molar-refractivity contribution in [3.05, 3.63) is 47.3 Å². The molecule has 1 amide bonds. The summed E-state index contributed by atoms with van der Waals surface area (Å²) in [6, 6.07) is 4.72. The van der Waals surface area contributed by atoms with Crippen LogP contribution in [0.3, 0.4) is 0 Å². The van der Waals surface area contributed by atoms with Crippen molar-refractivity contribution in [2.24, 2.45) is 0 Å². The largest absolute Gasteiger partial charge is 0.596 e. The summed E-state index contributed by atoms with van der Waals surface area (Å²) in [7, 11) is 0. The molecule has 1 N–H and O–H groups in total. The van der Waals surface area contributed by atoms with Crippen molar-refractivity contribution in [2.45, 2.75) is 46.3 Å². The Labute approximate surface area is 160 Å². The number of nitrogens with zero attached hydrogens (tertiary/aromatic N) is 2. The van der Waals surface area contributed by atoms with Crippen LogP contribution in [0, 0.1) is 12.7 Å². The first kappa shape index (κ1) is 21.3. The van der Waals surface area contributed by atoms with Crippen molar-refractivity contribution in [2.75, 3.05) is 26.2 Å². The molecule has 0 spiro atoms. The maximum atomic E-state index is 13.7. The Hall–Kier alpha value is -2.05. The van der Waals surface area contributed by atoms with Gasteiger partial charge in [-0.25, -0.2) is 4.39 Å². The average molecular weight is 377 g/mol. The molecule has 5 nitrogen and oxygen atoms in total. The molecule has 27 heavy (non-hydrogen) atoms. The first-order valence-corrected chi connectivity index (χ1v) is 9.15. The number of benzene rings is 1. The summed E-state index contributed by atoms with van der Waals surface area (Å²) in [6.45, 7) is 15.3. The molecule has 1 atom stereocenters. The summed E-state index contributed by atoms with van der Waals surface area (Å²) in [5, 5.41) is 10.5. The number of halogens is 1. The van der Waals surface area contributed by atoms with E-state index in [1.165, 1.54) is 6.07 Å². The quantitative estimate of drug-likeness (QED) is 0.645. The van der Waals surface area contributed by atoms with Crippen molar-refractivity contribution in [3.8, 4) is 0 Å². The molecule has 0 saturated carbocycles. The van der Waals surface area contributed by atoms with Gasteiger partial charge in [0.15, 0.2) is 12.3 Å². The number of amides is 1. The van der Waals surface area contributed by atoms with Crippen LogP contribution < -0.4 is 0 Å². The Morgan fingerprint density at radius 1 is 1.41 bits per heavy atom. The van der Waals surface area contributed by atoms with E-state index in [9.17, 15) is 14.3 Å². The van der Waals surface area contributed by atoms with Crippen LogP contribution in [0.15, 0.2) is 30.4 Å². The highest BCUT2D eigenvalue weighted by molar-refractivity contribution is 5.83. The molecule has 0 fully saturated rings. The van der Waals surface area contributed by atoms with Gasteiger partial charge in [-0.1, -0.05) is 18.7 Å². The number of carbonyl (C=O) groups excluding carboxylic acids is 1. The molecule has 6 heteroatoms. The second-order valence-corrected chi connectivity index (χ2v) is 8.15. The van der Waals surface area contributed by atoms with E-state index in [0.29, 0.717) is 42.9 Å². The summed E-state index contributed by atoms with van der Waals surface area (Å²) >= 11 is 0. The minimum atomic E-state index is -0.927. The van der Waals surface area contributed by atoms with Crippen molar-refractivity contribution in [3.63, 3.8) is 0 Å². The molecule has 1 heterocycles. The molecule has 0 aromatic heterocycles. The Bertz CT molecular complexity index is 765. The van der Waals surface area contributed by atoms with Crippen LogP contribution in [0.5, 0.6) is 0 Å². The van der Waals surface area contributed by atoms with Gasteiger partial charge in [-0.05, 0) is 50.5 Å². The highest BCUT2D eigenvalue weighted by Crippen LogP contribution is 2.23. The SMILES string of the molecule is C=C(CN1CC[N+](C(=O)OC(C)(C)C)=C(C)C1)[C@@H](O)c1ccc(C)c(F)c1. The van der Waals surface area contributed by atoms with E-state index in [1.54, 1.807) is 23.6 Å². The van der Waals surface area contributed by atoms with Crippen LogP contribution in [-0.2, 0) is 4.74 Å². The summed E-state index contributed by atoms with van der Waals surface area (Å²) in [6.07, 6.45) is -1.27. The summed E-state index contributed by atoms with van der Waals surface area (Å²) in [5.74, 6) is -0.338. The third-order valence-corrected chi connectivity index (χ3v) is 4.49. The van der Waals surface area contributed by atoms with Gasteiger partial charge in [0.25, 0.3) is 0 Å². The van der Waals surface area contributed by atoms with Gasteiger partial charge >= 0.3 is 6.09 Å². The van der Waals surface area contributed by atoms with E-state index in [0.717, 1.165) is 5.71 Å². The highest BCUT2D eigenvalue weighted by atomic mass is 19.1. The number of aryl methyl sites for hydroxylation is 1. The molecule has 1 aromatic rings. The van der Waals surface area contributed by atoms with E-state index >= 15 is 0 Å². The lowest BCUT2D eigenvalue weighted by molar-refractivity contribution is -0.458. The van der Waals surface area contributed by atoms with Crippen LogP contribution >= 0.6 is 0 Å². The lowest BCUT2D eigenvalue weighted by Gasteiger charge is -2.27. The van der Waals surface area contributed by atoms with Gasteiger partial charge in [0.1, 0.15) is 17.5 Å². The molecule has 0 aliphatic carbocycles. The first-order chi connectivity index (χ1) is 12.5. The predicted octanol–water partition coefficient (Wildman–Crippen LogP) is 3.45. The molecule has 0 saturated heterocycles. The summed E-state index contributed by atoms with van der Waals surface area (Å²) < 4.78 is 20.8. The smallest absolute Gasteiger partial charge is 0.406 e. The van der Waals surface area contributed by atoms with E-state index in [1.807, 2.05) is 27.7 Å². The molecule has 148 valence electrons. The molecule has 0 radical (unpaired) electrons. The van der Waals surface area contributed by atoms with Gasteiger partial charge < -0.3 is 9.84 Å². The molecular formula is C21H30FN2O3+. The zero-order valence-electron chi connectivity index (χ0n) is 16.9. The zero-order chi connectivity index (χ0) is 20.4. The molecular weight excluding hydrogens is 347 g/mol. The fraction of sp³-hybridized carbons (Fsp3) is 0.524. The number of ether oxygens (including phenoxy) is 1. The van der Waals surface area contributed by atoms with E-state index in [4.69, 9.17) is 4.74 Å². The van der Waals surface area contributed by atoms with E-state index in [2.05, 4.69) is 11.5 Å². The van der Waals surface area contributed by atoms with Gasteiger partial charge in [-0.15, -0.1) is 4.58 Å². The third kappa shape index (κ3) is 5.71. The standard InChI is InChI=1S/C21H30FN2O3/c1-14-7-8-17(11-18(14)22)19(25)15(2)12-23-9-10-24(16(3)13-23)20(26)27-21(4,5)6/h7-8,11,19,25H,2,9-10,12-13H2,1,3-6H3/q+1/t19-/m1/s1. The maximum absolute atomic E-state index is 13.7. The topological polar surface area (TPSA) is 52.8 Å². The van der Waals surface area contributed by atoms with Crippen LogP contribution in [0.2, 0.25) is 0 Å². The van der Waals surface area contributed by atoms with Gasteiger partial charge in [-0.2, -0.15) is 4.79 Å². The summed E-state index contributed by atoms with van der Waals surface area (Å²) in [5.41, 5.74) is 1.99.